The van der Waals surface area contributed by atoms with E-state index in [2.05, 4.69) is 32.7 Å². The maximum absolute atomic E-state index is 13.3. The fourth-order valence-electron chi connectivity index (χ4n) is 4.35. The van der Waals surface area contributed by atoms with Gasteiger partial charge in [-0.3, -0.25) is 0 Å². The van der Waals surface area contributed by atoms with E-state index in [1.165, 1.54) is 6.33 Å². The predicted octanol–water partition coefficient (Wildman–Crippen LogP) is 5.75. The predicted molar refractivity (Wildman–Crippen MR) is 157 cm³/mol. The van der Waals surface area contributed by atoms with E-state index >= 15 is 0 Å². The molecule has 2 aromatic heterocycles. The highest BCUT2D eigenvalue weighted by atomic mass is 127. The lowest BCUT2D eigenvalue weighted by Crippen LogP contribution is -2.44. The van der Waals surface area contributed by atoms with Gasteiger partial charge in [-0.15, -0.1) is 0 Å². The monoisotopic (exact) mass is 673 g/mol. The maximum Gasteiger partial charge on any atom is 0.425 e. The summed E-state index contributed by atoms with van der Waals surface area (Å²) in [4.78, 5) is 46.4. The van der Waals surface area contributed by atoms with E-state index in [-0.39, 0.29) is 17.8 Å². The number of amides is 3. The molecule has 2 aromatic rings. The van der Waals surface area contributed by atoms with E-state index in [9.17, 15) is 14.4 Å². The van der Waals surface area contributed by atoms with Gasteiger partial charge in [-0.05, 0) is 97.4 Å². The Bertz CT molecular complexity index is 1230. The van der Waals surface area contributed by atoms with Crippen LogP contribution in [0.15, 0.2) is 12.4 Å². The molecule has 1 fully saturated rings. The van der Waals surface area contributed by atoms with Gasteiger partial charge in [0.25, 0.3) is 0 Å². The van der Waals surface area contributed by atoms with Gasteiger partial charge in [-0.1, -0.05) is 0 Å². The van der Waals surface area contributed by atoms with Crippen LogP contribution in [0.3, 0.4) is 0 Å². The van der Waals surface area contributed by atoms with Gasteiger partial charge in [0.1, 0.15) is 28.6 Å². The second-order valence-electron chi connectivity index (χ2n) is 12.7. The molecule has 2 atom stereocenters. The quantitative estimate of drug-likeness (QED) is 0.295. The summed E-state index contributed by atoms with van der Waals surface area (Å²) < 4.78 is 24.5. The summed E-state index contributed by atoms with van der Waals surface area (Å²) in [5.74, 6) is -0.0903. The standard InChI is InChI=1S/C27H40IN5O7/c1-25(2,3)38-22(34)31-13-16(11-17(31)14-37-10)19-12-18(28)20-21(29-15-30-33(19)20)32(23(35)39-26(4,5)6)24(36)40-27(7,8)9/h12,15-17H,11,13-14H2,1-10H3/t16?,17-/m1/s1. The summed E-state index contributed by atoms with van der Waals surface area (Å²) in [6.45, 7) is 16.5. The van der Waals surface area contributed by atoms with Gasteiger partial charge >= 0.3 is 18.3 Å². The van der Waals surface area contributed by atoms with Crippen molar-refractivity contribution >= 4 is 52.2 Å². The number of likely N-dealkylation sites (tertiary alicyclic amines) is 1. The molecule has 0 bridgehead atoms. The molecular weight excluding hydrogens is 633 g/mol. The number of imide groups is 1. The summed E-state index contributed by atoms with van der Waals surface area (Å²) in [5, 5.41) is 4.46. The normalized spacial score (nSPS) is 18.1. The molecule has 1 saturated heterocycles. The molecule has 0 aromatic carbocycles. The molecule has 0 saturated carbocycles. The molecule has 40 heavy (non-hydrogen) atoms. The molecule has 3 rings (SSSR count). The smallest absolute Gasteiger partial charge is 0.425 e. The van der Waals surface area contributed by atoms with E-state index in [1.807, 2.05) is 26.8 Å². The second-order valence-corrected chi connectivity index (χ2v) is 13.9. The summed E-state index contributed by atoms with van der Waals surface area (Å²) >= 11 is 2.12. The molecular formula is C27H40IN5O7. The second kappa shape index (κ2) is 11.7. The van der Waals surface area contributed by atoms with Crippen molar-refractivity contribution in [1.29, 1.82) is 0 Å². The number of rotatable bonds is 4. The molecule has 3 heterocycles. The average Bonchev–Trinajstić information content (AvgIpc) is 3.32. The third kappa shape index (κ3) is 7.74. The van der Waals surface area contributed by atoms with Crippen LogP contribution in [0.25, 0.3) is 5.52 Å². The number of hydrogen-bond donors (Lipinski definition) is 0. The number of carbonyl (C=O) groups is 3. The number of halogens is 1. The minimum atomic E-state index is -0.918. The highest BCUT2D eigenvalue weighted by Crippen LogP contribution is 2.37. The number of ether oxygens (including phenoxy) is 4. The molecule has 222 valence electrons. The van der Waals surface area contributed by atoms with Crippen LogP contribution in [-0.2, 0) is 18.9 Å². The highest BCUT2D eigenvalue weighted by molar-refractivity contribution is 14.1. The third-order valence-corrected chi connectivity index (χ3v) is 6.52. The number of nitrogens with zero attached hydrogens (tertiary/aromatic N) is 5. The van der Waals surface area contributed by atoms with Crippen LogP contribution >= 0.6 is 22.6 Å². The Morgan fingerprint density at radius 3 is 2.02 bits per heavy atom. The zero-order valence-corrected chi connectivity index (χ0v) is 27.1. The lowest BCUT2D eigenvalue weighted by molar-refractivity contribution is 0.0146. The van der Waals surface area contributed by atoms with Crippen molar-refractivity contribution in [3.8, 4) is 0 Å². The highest BCUT2D eigenvalue weighted by Gasteiger charge is 2.41. The van der Waals surface area contributed by atoms with Crippen LogP contribution in [0.1, 0.15) is 80.3 Å². The molecule has 1 unspecified atom stereocenters. The average molecular weight is 674 g/mol. The van der Waals surface area contributed by atoms with E-state index in [1.54, 1.807) is 58.1 Å². The molecule has 12 nitrogen and oxygen atoms in total. The van der Waals surface area contributed by atoms with Gasteiger partial charge < -0.3 is 23.8 Å². The van der Waals surface area contributed by atoms with Gasteiger partial charge in [0.05, 0.1) is 12.6 Å². The first-order valence-electron chi connectivity index (χ1n) is 13.1. The maximum atomic E-state index is 13.3. The van der Waals surface area contributed by atoms with Crippen LogP contribution in [0.5, 0.6) is 0 Å². The SMILES string of the molecule is COC[C@H]1CC(c2cc(I)c3c(N(C(=O)OC(C)(C)C)C(=O)OC(C)(C)C)ncnn23)CN1C(=O)OC(C)(C)C. The molecule has 3 amide bonds. The summed E-state index contributed by atoms with van der Waals surface area (Å²) in [5.41, 5.74) is -1.14. The molecule has 1 aliphatic rings. The minimum absolute atomic E-state index is 0.0320. The number of aromatic nitrogens is 3. The largest absolute Gasteiger partial charge is 0.444 e. The first-order chi connectivity index (χ1) is 18.3. The summed E-state index contributed by atoms with van der Waals surface area (Å²) in [6.07, 6.45) is -0.368. The Labute approximate surface area is 248 Å². The van der Waals surface area contributed by atoms with Crippen LogP contribution in [0, 0.1) is 3.57 Å². The summed E-state index contributed by atoms with van der Waals surface area (Å²) in [6, 6.07) is 1.72. The minimum Gasteiger partial charge on any atom is -0.444 e. The van der Waals surface area contributed by atoms with Gasteiger partial charge in [-0.2, -0.15) is 10.00 Å². The zero-order valence-electron chi connectivity index (χ0n) is 24.9. The van der Waals surface area contributed by atoms with E-state index in [4.69, 9.17) is 18.9 Å². The fraction of sp³-hybridized carbons (Fsp3) is 0.667. The first kappa shape index (κ1) is 31.8. The first-order valence-corrected chi connectivity index (χ1v) is 14.2. The number of methoxy groups -OCH3 is 1. The summed E-state index contributed by atoms with van der Waals surface area (Å²) in [7, 11) is 1.59. The molecule has 1 aliphatic heterocycles. The van der Waals surface area contributed by atoms with E-state index in [0.29, 0.717) is 28.7 Å². The van der Waals surface area contributed by atoms with Crippen molar-refractivity contribution in [1.82, 2.24) is 19.5 Å². The molecule has 0 N–H and O–H groups in total. The Hall–Kier alpha value is -2.68. The molecule has 13 heteroatoms. The van der Waals surface area contributed by atoms with Crippen LogP contribution < -0.4 is 4.90 Å². The van der Waals surface area contributed by atoms with Gasteiger partial charge in [-0.25, -0.2) is 23.9 Å². The van der Waals surface area contributed by atoms with Crippen molar-refractivity contribution in [2.75, 3.05) is 25.2 Å². The Morgan fingerprint density at radius 2 is 1.52 bits per heavy atom. The van der Waals surface area contributed by atoms with Gasteiger partial charge in [0.15, 0.2) is 5.82 Å². The third-order valence-electron chi connectivity index (χ3n) is 5.70. The van der Waals surface area contributed by atoms with Crippen molar-refractivity contribution in [2.24, 2.45) is 0 Å². The van der Waals surface area contributed by atoms with Crippen molar-refractivity contribution < 1.29 is 33.3 Å². The van der Waals surface area contributed by atoms with Crippen molar-refractivity contribution in [3.05, 3.63) is 21.7 Å². The fourth-order valence-corrected chi connectivity index (χ4v) is 5.14. The molecule has 0 spiro atoms. The Morgan fingerprint density at radius 1 is 0.975 bits per heavy atom. The lowest BCUT2D eigenvalue weighted by Gasteiger charge is -2.28. The molecule has 0 aliphatic carbocycles. The van der Waals surface area contributed by atoms with E-state index in [0.717, 1.165) is 10.6 Å². The lowest BCUT2D eigenvalue weighted by atomic mass is 10.0. The number of carbonyl (C=O) groups excluding carboxylic acids is 3. The number of hydrogen-bond acceptors (Lipinski definition) is 9. The Kier molecular flexibility index (Phi) is 9.29. The zero-order chi connectivity index (χ0) is 30.2. The van der Waals surface area contributed by atoms with Crippen LogP contribution in [0.4, 0.5) is 20.2 Å². The molecule has 0 radical (unpaired) electrons. The van der Waals surface area contributed by atoms with Crippen LogP contribution in [-0.4, -0.2) is 80.9 Å². The van der Waals surface area contributed by atoms with Crippen molar-refractivity contribution in [3.63, 3.8) is 0 Å². The number of anilines is 1. The van der Waals surface area contributed by atoms with Crippen LogP contribution in [0.2, 0.25) is 0 Å². The Balaban J connectivity index is 2.07. The number of fused-ring (bicyclic) bond motifs is 1. The topological polar surface area (TPSA) is 125 Å². The van der Waals surface area contributed by atoms with Crippen molar-refractivity contribution in [2.45, 2.75) is 97.5 Å². The van der Waals surface area contributed by atoms with Gasteiger partial charge in [0.2, 0.25) is 0 Å². The van der Waals surface area contributed by atoms with Gasteiger partial charge in [0, 0.05) is 28.8 Å². The van der Waals surface area contributed by atoms with E-state index < -0.39 is 35.1 Å².